The Hall–Kier alpha value is -0.820. The van der Waals surface area contributed by atoms with Crippen LogP contribution in [0.1, 0.15) is 32.1 Å². The van der Waals surface area contributed by atoms with Gasteiger partial charge < -0.3 is 10.2 Å². The third-order valence-electron chi connectivity index (χ3n) is 5.21. The van der Waals surface area contributed by atoms with E-state index in [9.17, 15) is 13.2 Å². The summed E-state index contributed by atoms with van der Waals surface area (Å²) in [6.07, 6.45) is 5.48. The van der Waals surface area contributed by atoms with Crippen LogP contribution in [0.5, 0.6) is 0 Å². The van der Waals surface area contributed by atoms with Crippen molar-refractivity contribution < 1.29 is 13.2 Å². The van der Waals surface area contributed by atoms with Gasteiger partial charge in [0.2, 0.25) is 0 Å². The lowest BCUT2D eigenvalue weighted by molar-refractivity contribution is 0.125. The summed E-state index contributed by atoms with van der Waals surface area (Å²) >= 11 is 0. The van der Waals surface area contributed by atoms with Gasteiger partial charge in [-0.2, -0.15) is 0 Å². The number of nitrogens with zero attached hydrogens (tertiary/aromatic N) is 2. The van der Waals surface area contributed by atoms with Gasteiger partial charge in [0.05, 0.1) is 11.5 Å². The standard InChI is InChI=1S/C15H27N3O3S/c19-15(16-10-13-5-9-22(20,21)12-13)18-8-3-4-14(11-18)17-6-1-2-7-17/h13-14H,1-12H2,(H,16,19)/t13-,14+/m1/s1. The molecule has 3 saturated heterocycles. The summed E-state index contributed by atoms with van der Waals surface area (Å²) in [5, 5.41) is 2.95. The molecule has 3 rings (SSSR count). The van der Waals surface area contributed by atoms with E-state index in [0.29, 0.717) is 19.0 Å². The fraction of sp³-hybridized carbons (Fsp3) is 0.933. The van der Waals surface area contributed by atoms with Gasteiger partial charge in [-0.05, 0) is 51.1 Å². The van der Waals surface area contributed by atoms with E-state index in [4.69, 9.17) is 0 Å². The Kier molecular flexibility index (Phi) is 4.92. The van der Waals surface area contributed by atoms with Crippen molar-refractivity contribution in [3.63, 3.8) is 0 Å². The van der Waals surface area contributed by atoms with Gasteiger partial charge in [-0.3, -0.25) is 4.90 Å². The molecule has 126 valence electrons. The topological polar surface area (TPSA) is 69.7 Å². The van der Waals surface area contributed by atoms with Crippen LogP contribution in [-0.4, -0.2) is 74.5 Å². The second-order valence-corrected chi connectivity index (χ2v) is 9.17. The maximum atomic E-state index is 12.3. The Morgan fingerprint density at radius 1 is 1.09 bits per heavy atom. The highest BCUT2D eigenvalue weighted by Gasteiger charge is 2.31. The van der Waals surface area contributed by atoms with Crippen LogP contribution in [0.15, 0.2) is 0 Å². The molecule has 0 spiro atoms. The first-order valence-corrected chi connectivity index (χ1v) is 10.3. The third kappa shape index (κ3) is 3.93. The van der Waals surface area contributed by atoms with Gasteiger partial charge in [-0.15, -0.1) is 0 Å². The zero-order chi connectivity index (χ0) is 15.6. The molecule has 0 radical (unpaired) electrons. The van der Waals surface area contributed by atoms with E-state index in [0.717, 1.165) is 19.5 Å². The highest BCUT2D eigenvalue weighted by molar-refractivity contribution is 7.91. The Bertz CT molecular complexity index is 502. The molecular weight excluding hydrogens is 302 g/mol. The fourth-order valence-corrected chi connectivity index (χ4v) is 5.78. The Labute approximate surface area is 133 Å². The van der Waals surface area contributed by atoms with E-state index in [1.165, 1.54) is 32.4 Å². The van der Waals surface area contributed by atoms with Crippen molar-refractivity contribution in [3.8, 4) is 0 Å². The van der Waals surface area contributed by atoms with Gasteiger partial charge in [0, 0.05) is 25.7 Å². The summed E-state index contributed by atoms with van der Waals surface area (Å²) in [4.78, 5) is 16.8. The van der Waals surface area contributed by atoms with E-state index in [2.05, 4.69) is 10.2 Å². The molecule has 0 saturated carbocycles. The molecule has 0 aromatic heterocycles. The molecule has 3 aliphatic rings. The maximum absolute atomic E-state index is 12.3. The zero-order valence-electron chi connectivity index (χ0n) is 13.2. The number of hydrogen-bond donors (Lipinski definition) is 1. The van der Waals surface area contributed by atoms with E-state index in [1.807, 2.05) is 4.90 Å². The Morgan fingerprint density at radius 2 is 1.86 bits per heavy atom. The Balaban J connectivity index is 1.45. The molecule has 7 heteroatoms. The molecule has 0 unspecified atom stereocenters. The lowest BCUT2D eigenvalue weighted by atomic mass is 10.0. The number of piperidine rings is 1. The SMILES string of the molecule is O=C(NC[C@H]1CCS(=O)(=O)C1)N1CCC[C@H](N2CCCC2)C1. The quantitative estimate of drug-likeness (QED) is 0.827. The van der Waals surface area contributed by atoms with E-state index in [1.54, 1.807) is 0 Å². The largest absolute Gasteiger partial charge is 0.338 e. The molecule has 0 aliphatic carbocycles. The van der Waals surface area contributed by atoms with Gasteiger partial charge in [0.1, 0.15) is 0 Å². The van der Waals surface area contributed by atoms with Gasteiger partial charge in [-0.1, -0.05) is 0 Å². The van der Waals surface area contributed by atoms with Crippen molar-refractivity contribution in [2.75, 3.05) is 44.2 Å². The minimum absolute atomic E-state index is 0.0202. The lowest BCUT2D eigenvalue weighted by Gasteiger charge is -2.37. The van der Waals surface area contributed by atoms with Gasteiger partial charge in [-0.25, -0.2) is 13.2 Å². The summed E-state index contributed by atoms with van der Waals surface area (Å²) in [6, 6.07) is 0.488. The predicted octanol–water partition coefficient (Wildman–Crippen LogP) is 0.691. The first-order chi connectivity index (χ1) is 10.5. The van der Waals surface area contributed by atoms with Gasteiger partial charge in [0.25, 0.3) is 0 Å². The number of nitrogens with one attached hydrogen (secondary N) is 1. The van der Waals surface area contributed by atoms with Crippen molar-refractivity contribution in [2.24, 2.45) is 5.92 Å². The summed E-state index contributed by atoms with van der Waals surface area (Å²) in [5.41, 5.74) is 0. The number of sulfone groups is 1. The van der Waals surface area contributed by atoms with Gasteiger partial charge >= 0.3 is 6.03 Å². The molecule has 0 bridgehead atoms. The maximum Gasteiger partial charge on any atom is 0.317 e. The molecule has 22 heavy (non-hydrogen) atoms. The zero-order valence-corrected chi connectivity index (χ0v) is 14.0. The highest BCUT2D eigenvalue weighted by atomic mass is 32.2. The van der Waals surface area contributed by atoms with Gasteiger partial charge in [0.15, 0.2) is 9.84 Å². The van der Waals surface area contributed by atoms with E-state index >= 15 is 0 Å². The summed E-state index contributed by atoms with van der Waals surface area (Å²) in [5.74, 6) is 0.589. The minimum atomic E-state index is -2.86. The number of carbonyl (C=O) groups is 1. The number of amides is 2. The fourth-order valence-electron chi connectivity index (χ4n) is 3.92. The average molecular weight is 329 g/mol. The van der Waals surface area contributed by atoms with Crippen LogP contribution in [0, 0.1) is 5.92 Å². The monoisotopic (exact) mass is 329 g/mol. The molecule has 1 N–H and O–H groups in total. The number of hydrogen-bond acceptors (Lipinski definition) is 4. The normalized spacial score (nSPS) is 32.3. The molecule has 0 aromatic carbocycles. The first-order valence-electron chi connectivity index (χ1n) is 8.51. The van der Waals surface area contributed by atoms with Crippen molar-refractivity contribution in [2.45, 2.75) is 38.1 Å². The summed E-state index contributed by atoms with van der Waals surface area (Å²) in [6.45, 7) is 4.46. The molecule has 3 fully saturated rings. The van der Waals surface area contributed by atoms with Crippen LogP contribution < -0.4 is 5.32 Å². The highest BCUT2D eigenvalue weighted by Crippen LogP contribution is 2.21. The van der Waals surface area contributed by atoms with Crippen LogP contribution in [0.2, 0.25) is 0 Å². The third-order valence-corrected chi connectivity index (χ3v) is 7.05. The second-order valence-electron chi connectivity index (χ2n) is 6.94. The van der Waals surface area contributed by atoms with Crippen molar-refractivity contribution in [1.29, 1.82) is 0 Å². The van der Waals surface area contributed by atoms with E-state index in [-0.39, 0.29) is 23.5 Å². The lowest BCUT2D eigenvalue weighted by Crippen LogP contribution is -2.52. The van der Waals surface area contributed by atoms with Crippen LogP contribution in [0.25, 0.3) is 0 Å². The first kappa shape index (κ1) is 16.1. The predicted molar refractivity (Wildman–Crippen MR) is 85.6 cm³/mol. The van der Waals surface area contributed by atoms with Crippen molar-refractivity contribution in [1.82, 2.24) is 15.1 Å². The molecule has 2 atom stereocenters. The number of urea groups is 1. The van der Waals surface area contributed by atoms with Crippen LogP contribution in [0.3, 0.4) is 0 Å². The van der Waals surface area contributed by atoms with Crippen LogP contribution in [-0.2, 0) is 9.84 Å². The minimum Gasteiger partial charge on any atom is -0.338 e. The molecule has 0 aromatic rings. The smallest absolute Gasteiger partial charge is 0.317 e. The molecular formula is C15H27N3O3S. The van der Waals surface area contributed by atoms with E-state index < -0.39 is 9.84 Å². The summed E-state index contributed by atoms with van der Waals surface area (Å²) < 4.78 is 22.9. The van der Waals surface area contributed by atoms with Crippen molar-refractivity contribution >= 4 is 15.9 Å². The molecule has 3 heterocycles. The molecule has 3 aliphatic heterocycles. The second kappa shape index (κ2) is 6.74. The van der Waals surface area contributed by atoms with Crippen molar-refractivity contribution in [3.05, 3.63) is 0 Å². The average Bonchev–Trinajstić information content (AvgIpc) is 3.14. The molecule has 2 amide bonds. The van der Waals surface area contributed by atoms with Crippen LogP contribution in [0.4, 0.5) is 4.79 Å². The van der Waals surface area contributed by atoms with Crippen LogP contribution >= 0.6 is 0 Å². The number of rotatable bonds is 3. The molecule has 6 nitrogen and oxygen atoms in total. The summed E-state index contributed by atoms with van der Waals surface area (Å²) in [7, 11) is -2.86. The number of carbonyl (C=O) groups excluding carboxylic acids is 1. The Morgan fingerprint density at radius 3 is 2.55 bits per heavy atom. The number of likely N-dealkylation sites (tertiary alicyclic amines) is 2.